The molecule has 1 aromatic heterocycles. The van der Waals surface area contributed by atoms with E-state index in [0.29, 0.717) is 16.3 Å². The highest BCUT2D eigenvalue weighted by molar-refractivity contribution is 6.31. The van der Waals surface area contributed by atoms with E-state index in [1.807, 2.05) is 13.0 Å². The van der Waals surface area contributed by atoms with E-state index in [1.165, 1.54) is 6.92 Å². The molecule has 0 unspecified atom stereocenters. The Morgan fingerprint density at radius 1 is 1.27 bits per heavy atom. The van der Waals surface area contributed by atoms with Gasteiger partial charge in [-0.05, 0) is 37.6 Å². The van der Waals surface area contributed by atoms with Gasteiger partial charge in [0.15, 0.2) is 18.2 Å². The van der Waals surface area contributed by atoms with Crippen LogP contribution in [-0.2, 0) is 11.3 Å². The molecule has 0 fully saturated rings. The van der Waals surface area contributed by atoms with Crippen molar-refractivity contribution in [3.05, 3.63) is 58.9 Å². The van der Waals surface area contributed by atoms with Gasteiger partial charge in [-0.1, -0.05) is 17.7 Å². The van der Waals surface area contributed by atoms with Crippen molar-refractivity contribution in [1.29, 1.82) is 0 Å². The maximum atomic E-state index is 12.1. The molecule has 1 aromatic carbocycles. The minimum atomic E-state index is -0.175. The summed E-state index contributed by atoms with van der Waals surface area (Å²) in [4.78, 5) is 23.4. The van der Waals surface area contributed by atoms with Gasteiger partial charge in [0.25, 0.3) is 5.91 Å². The van der Waals surface area contributed by atoms with Crippen LogP contribution in [0, 0.1) is 6.92 Å². The molecule has 0 bridgehead atoms. The number of anilines is 1. The highest BCUT2D eigenvalue weighted by Gasteiger charge is 2.13. The first-order valence-electron chi connectivity index (χ1n) is 6.52. The molecule has 116 valence electrons. The number of Topliss-reactive ketones (excluding diaryl/α,β-unsaturated/α-hetero) is 1. The number of hydrogen-bond acceptors (Lipinski definition) is 2. The molecule has 0 saturated carbocycles. The van der Waals surface area contributed by atoms with Gasteiger partial charge in [-0.25, -0.2) is 0 Å². The van der Waals surface area contributed by atoms with Gasteiger partial charge in [0.1, 0.15) is 0 Å². The van der Waals surface area contributed by atoms with Crippen molar-refractivity contribution >= 4 is 29.0 Å². The number of aromatic nitrogens is 1. The van der Waals surface area contributed by atoms with E-state index in [2.05, 4.69) is 5.32 Å². The van der Waals surface area contributed by atoms with Crippen molar-refractivity contribution < 1.29 is 26.6 Å². The summed E-state index contributed by atoms with van der Waals surface area (Å²) in [6, 6.07) is 8.80. The van der Waals surface area contributed by atoms with Crippen LogP contribution in [0.1, 0.15) is 22.8 Å². The van der Waals surface area contributed by atoms with Crippen LogP contribution in [0.25, 0.3) is 0 Å². The second kappa shape index (κ2) is 7.92. The van der Waals surface area contributed by atoms with Crippen molar-refractivity contribution in [3.63, 3.8) is 0 Å². The molecule has 0 radical (unpaired) electrons. The van der Waals surface area contributed by atoms with E-state index in [-0.39, 0.29) is 30.6 Å². The zero-order chi connectivity index (χ0) is 15.4. The molecule has 4 nitrogen and oxygen atoms in total. The van der Waals surface area contributed by atoms with Crippen LogP contribution >= 0.6 is 11.6 Å². The van der Waals surface area contributed by atoms with E-state index in [1.54, 1.807) is 41.2 Å². The monoisotopic (exact) mass is 338 g/mol. The standard InChI is InChI=1S/C16H15ClN2O2.ClH/c1-11-5-6-14(17)8-15(11)18-16(21)10-19-7-3-4-13(9-19)12(2)20;/h3-9H,10H2,1-2H3;1H. The Bertz CT molecular complexity index is 702. The lowest BCUT2D eigenvalue weighted by Gasteiger charge is -2.07. The first kappa shape index (κ1) is 18.1. The van der Waals surface area contributed by atoms with E-state index >= 15 is 0 Å². The number of carbonyl (C=O) groups is 2. The normalized spacial score (nSPS) is 9.77. The lowest BCUT2D eigenvalue weighted by atomic mass is 10.2. The molecule has 2 aromatic rings. The average molecular weight is 339 g/mol. The lowest BCUT2D eigenvalue weighted by Crippen LogP contribution is -3.00. The van der Waals surface area contributed by atoms with Crippen LogP contribution in [0.4, 0.5) is 5.69 Å². The number of nitrogens with one attached hydrogen (secondary N) is 1. The zero-order valence-electron chi connectivity index (χ0n) is 12.3. The molecule has 1 heterocycles. The molecule has 0 aliphatic carbocycles. The lowest BCUT2D eigenvalue weighted by molar-refractivity contribution is -0.684. The van der Waals surface area contributed by atoms with E-state index < -0.39 is 0 Å². The second-order valence-corrected chi connectivity index (χ2v) is 5.27. The number of aryl methyl sites for hydroxylation is 1. The Hall–Kier alpha value is -1.91. The van der Waals surface area contributed by atoms with Gasteiger partial charge < -0.3 is 17.7 Å². The molecular formula is C16H16Cl2N2O2. The number of carbonyl (C=O) groups excluding carboxylic acids is 2. The van der Waals surface area contributed by atoms with E-state index in [4.69, 9.17) is 11.6 Å². The number of amides is 1. The third kappa shape index (κ3) is 4.83. The third-order valence-corrected chi connectivity index (χ3v) is 3.30. The second-order valence-electron chi connectivity index (χ2n) is 4.83. The van der Waals surface area contributed by atoms with Crippen LogP contribution in [0.5, 0.6) is 0 Å². The molecule has 1 amide bonds. The van der Waals surface area contributed by atoms with Gasteiger partial charge in [0.05, 0.1) is 5.56 Å². The van der Waals surface area contributed by atoms with Crippen molar-refractivity contribution in [1.82, 2.24) is 0 Å². The number of rotatable bonds is 4. The van der Waals surface area contributed by atoms with Gasteiger partial charge in [0, 0.05) is 16.8 Å². The van der Waals surface area contributed by atoms with Crippen molar-refractivity contribution in [2.24, 2.45) is 0 Å². The van der Waals surface area contributed by atoms with Gasteiger partial charge in [-0.2, -0.15) is 4.57 Å². The summed E-state index contributed by atoms with van der Waals surface area (Å²) in [6.45, 7) is 3.53. The molecule has 6 heteroatoms. The topological polar surface area (TPSA) is 50.0 Å². The molecule has 22 heavy (non-hydrogen) atoms. The van der Waals surface area contributed by atoms with Gasteiger partial charge in [0.2, 0.25) is 6.54 Å². The molecule has 0 atom stereocenters. The number of pyridine rings is 1. The first-order chi connectivity index (χ1) is 9.95. The summed E-state index contributed by atoms with van der Waals surface area (Å²) in [7, 11) is 0. The SMILES string of the molecule is CC(=O)c1ccc[n+](CC(=O)Nc2cc(Cl)ccc2C)c1.[Cl-]. The molecular weight excluding hydrogens is 323 g/mol. The van der Waals surface area contributed by atoms with E-state index in [9.17, 15) is 9.59 Å². The molecule has 0 spiro atoms. The first-order valence-corrected chi connectivity index (χ1v) is 6.89. The Kier molecular flexibility index (Phi) is 6.53. The highest BCUT2D eigenvalue weighted by atomic mass is 35.5. The van der Waals surface area contributed by atoms with E-state index in [0.717, 1.165) is 5.56 Å². The maximum absolute atomic E-state index is 12.1. The third-order valence-electron chi connectivity index (χ3n) is 3.06. The molecule has 1 N–H and O–H groups in total. The Labute approximate surface area is 140 Å². The minimum Gasteiger partial charge on any atom is -1.00 e. The zero-order valence-corrected chi connectivity index (χ0v) is 13.8. The number of halogens is 2. The minimum absolute atomic E-state index is 0. The fraction of sp³-hybridized carbons (Fsp3) is 0.188. The molecule has 0 aliphatic heterocycles. The quantitative estimate of drug-likeness (QED) is 0.619. The highest BCUT2D eigenvalue weighted by Crippen LogP contribution is 2.19. The summed E-state index contributed by atoms with van der Waals surface area (Å²) < 4.78 is 1.67. The smallest absolute Gasteiger partial charge is 0.290 e. The van der Waals surface area contributed by atoms with Gasteiger partial charge in [-0.15, -0.1) is 0 Å². The van der Waals surface area contributed by atoms with Crippen LogP contribution in [-0.4, -0.2) is 11.7 Å². The van der Waals surface area contributed by atoms with Gasteiger partial charge >= 0.3 is 0 Å². The number of nitrogens with zero attached hydrogens (tertiary/aromatic N) is 1. The predicted molar refractivity (Wildman–Crippen MR) is 81.5 cm³/mol. The van der Waals surface area contributed by atoms with Crippen molar-refractivity contribution in [2.45, 2.75) is 20.4 Å². The Balaban J connectivity index is 0.00000242. The fourth-order valence-corrected chi connectivity index (χ4v) is 2.09. The average Bonchev–Trinajstić information content (AvgIpc) is 2.43. The fourth-order valence-electron chi connectivity index (χ4n) is 1.91. The summed E-state index contributed by atoms with van der Waals surface area (Å²) >= 11 is 5.92. The molecule has 2 rings (SSSR count). The summed E-state index contributed by atoms with van der Waals surface area (Å²) in [6.07, 6.45) is 3.41. The van der Waals surface area contributed by atoms with Crippen LogP contribution in [0.15, 0.2) is 42.7 Å². The van der Waals surface area contributed by atoms with Crippen molar-refractivity contribution in [2.75, 3.05) is 5.32 Å². The number of hydrogen-bond donors (Lipinski definition) is 1. The Morgan fingerprint density at radius 3 is 2.68 bits per heavy atom. The Morgan fingerprint density at radius 2 is 2.00 bits per heavy atom. The van der Waals surface area contributed by atoms with Crippen LogP contribution in [0.3, 0.4) is 0 Å². The maximum Gasteiger partial charge on any atom is 0.290 e. The summed E-state index contributed by atoms with van der Waals surface area (Å²) in [5.41, 5.74) is 2.20. The summed E-state index contributed by atoms with van der Waals surface area (Å²) in [5.74, 6) is -0.207. The number of benzene rings is 1. The number of ketones is 1. The largest absolute Gasteiger partial charge is 1.00 e. The van der Waals surface area contributed by atoms with Crippen LogP contribution in [0.2, 0.25) is 5.02 Å². The molecule has 0 saturated heterocycles. The predicted octanol–water partition coefficient (Wildman–Crippen LogP) is -0.219. The van der Waals surface area contributed by atoms with Crippen LogP contribution < -0.4 is 22.3 Å². The van der Waals surface area contributed by atoms with Gasteiger partial charge in [-0.3, -0.25) is 9.59 Å². The van der Waals surface area contributed by atoms with Crippen molar-refractivity contribution in [3.8, 4) is 0 Å². The summed E-state index contributed by atoms with van der Waals surface area (Å²) in [5, 5.41) is 3.39. The molecule has 0 aliphatic rings.